The van der Waals surface area contributed by atoms with Crippen LogP contribution in [0.5, 0.6) is 0 Å². The van der Waals surface area contributed by atoms with Crippen LogP contribution >= 0.6 is 0 Å². The van der Waals surface area contributed by atoms with Crippen molar-refractivity contribution in [2.24, 2.45) is 0 Å². The third-order valence-corrected chi connectivity index (χ3v) is 2.93. The molecule has 0 aromatic heterocycles. The molecule has 1 amide bonds. The molecule has 0 aliphatic carbocycles. The van der Waals surface area contributed by atoms with Gasteiger partial charge in [-0.1, -0.05) is 0 Å². The van der Waals surface area contributed by atoms with Crippen molar-refractivity contribution in [3.63, 3.8) is 0 Å². The lowest BCUT2D eigenvalue weighted by Crippen LogP contribution is -2.52. The predicted molar refractivity (Wildman–Crippen MR) is 67.9 cm³/mol. The second kappa shape index (κ2) is 5.80. The normalized spacial score (nSPS) is 19.4. The van der Waals surface area contributed by atoms with Crippen LogP contribution in [0, 0.1) is 0 Å². The van der Waals surface area contributed by atoms with Crippen molar-refractivity contribution in [2.75, 3.05) is 53.4 Å². The number of likely N-dealkylation sites (N-methyl/N-ethyl adjacent to an activating group) is 1. The highest BCUT2D eigenvalue weighted by molar-refractivity contribution is 5.77. The Labute approximate surface area is 104 Å². The zero-order valence-corrected chi connectivity index (χ0v) is 11.4. The first-order valence-electron chi connectivity index (χ1n) is 6.15. The maximum atomic E-state index is 11.6. The topological polar surface area (TPSA) is 47.0 Å². The molecule has 0 saturated carbocycles. The van der Waals surface area contributed by atoms with Gasteiger partial charge in [-0.3, -0.25) is 14.6 Å². The highest BCUT2D eigenvalue weighted by Gasteiger charge is 2.23. The van der Waals surface area contributed by atoms with Gasteiger partial charge in [-0.25, -0.2) is 0 Å². The molecule has 0 unspecified atom stereocenters. The maximum Gasteiger partial charge on any atom is 0.236 e. The quantitative estimate of drug-likeness (QED) is 0.720. The zero-order chi connectivity index (χ0) is 13.1. The van der Waals surface area contributed by atoms with Crippen LogP contribution in [0.3, 0.4) is 0 Å². The van der Waals surface area contributed by atoms with Gasteiger partial charge < -0.3 is 10.0 Å². The minimum atomic E-state index is -0.637. The van der Waals surface area contributed by atoms with Crippen molar-refractivity contribution in [3.05, 3.63) is 0 Å². The highest BCUT2D eigenvalue weighted by atomic mass is 16.3. The van der Waals surface area contributed by atoms with Crippen LogP contribution in [0.15, 0.2) is 0 Å². The standard InChI is InChI=1S/C12H25N3O2/c1-12(2,17)10-15-7-5-14(6-8-15)9-11(16)13(3)4/h17H,5-10H2,1-4H3. The second-order valence-electron chi connectivity index (χ2n) is 5.65. The number of β-amino-alcohol motifs (C(OH)–C–C–N with tert-alkyl or cyclic N) is 1. The summed E-state index contributed by atoms with van der Waals surface area (Å²) in [6, 6.07) is 0. The molecule has 1 heterocycles. The molecule has 5 heteroatoms. The Kier molecular flexibility index (Phi) is 4.91. The van der Waals surface area contributed by atoms with Gasteiger partial charge in [0, 0.05) is 46.8 Å². The van der Waals surface area contributed by atoms with Crippen LogP contribution in [-0.4, -0.2) is 84.7 Å². The lowest BCUT2D eigenvalue weighted by molar-refractivity contribution is -0.130. The summed E-state index contributed by atoms with van der Waals surface area (Å²) in [6.07, 6.45) is 0. The molecule has 0 aromatic carbocycles. The van der Waals surface area contributed by atoms with Crippen LogP contribution in [0.4, 0.5) is 0 Å². The zero-order valence-electron chi connectivity index (χ0n) is 11.4. The van der Waals surface area contributed by atoms with Gasteiger partial charge in [-0.15, -0.1) is 0 Å². The van der Waals surface area contributed by atoms with Gasteiger partial charge in [-0.2, -0.15) is 0 Å². The van der Waals surface area contributed by atoms with Crippen LogP contribution in [0.2, 0.25) is 0 Å². The molecule has 5 nitrogen and oxygen atoms in total. The van der Waals surface area contributed by atoms with Gasteiger partial charge in [-0.05, 0) is 13.8 Å². The van der Waals surface area contributed by atoms with E-state index in [1.54, 1.807) is 19.0 Å². The number of hydrogen-bond donors (Lipinski definition) is 1. The van der Waals surface area contributed by atoms with Gasteiger partial charge in [0.2, 0.25) is 5.91 Å². The first-order valence-corrected chi connectivity index (χ1v) is 6.15. The molecule has 0 atom stereocenters. The Morgan fingerprint density at radius 1 is 1.18 bits per heavy atom. The molecule has 1 fully saturated rings. The number of aliphatic hydroxyl groups is 1. The van der Waals surface area contributed by atoms with Crippen molar-refractivity contribution in [1.29, 1.82) is 0 Å². The number of amides is 1. The molecular formula is C12H25N3O2. The van der Waals surface area contributed by atoms with Crippen molar-refractivity contribution in [1.82, 2.24) is 14.7 Å². The fourth-order valence-electron chi connectivity index (χ4n) is 1.99. The number of carbonyl (C=O) groups excluding carboxylic acids is 1. The molecule has 0 bridgehead atoms. The molecule has 1 rings (SSSR count). The average Bonchev–Trinajstić information content (AvgIpc) is 2.18. The summed E-state index contributed by atoms with van der Waals surface area (Å²) < 4.78 is 0. The second-order valence-corrected chi connectivity index (χ2v) is 5.65. The first-order chi connectivity index (χ1) is 7.78. The number of hydrogen-bond acceptors (Lipinski definition) is 4. The number of nitrogens with zero attached hydrogens (tertiary/aromatic N) is 3. The third-order valence-electron chi connectivity index (χ3n) is 2.93. The smallest absolute Gasteiger partial charge is 0.236 e. The molecule has 1 N–H and O–H groups in total. The van der Waals surface area contributed by atoms with Gasteiger partial charge in [0.05, 0.1) is 12.1 Å². The Balaban J connectivity index is 2.29. The monoisotopic (exact) mass is 243 g/mol. The fraction of sp³-hybridized carbons (Fsp3) is 0.917. The van der Waals surface area contributed by atoms with Crippen molar-refractivity contribution >= 4 is 5.91 Å². The largest absolute Gasteiger partial charge is 0.389 e. The summed E-state index contributed by atoms with van der Waals surface area (Å²) in [6.45, 7) is 8.50. The van der Waals surface area contributed by atoms with E-state index >= 15 is 0 Å². The van der Waals surface area contributed by atoms with Gasteiger partial charge in [0.25, 0.3) is 0 Å². The summed E-state index contributed by atoms with van der Waals surface area (Å²) in [5, 5.41) is 9.74. The van der Waals surface area contributed by atoms with E-state index in [4.69, 9.17) is 0 Å². The minimum Gasteiger partial charge on any atom is -0.389 e. The molecular weight excluding hydrogens is 218 g/mol. The lowest BCUT2D eigenvalue weighted by Gasteiger charge is -2.37. The molecule has 0 radical (unpaired) electrons. The van der Waals surface area contributed by atoms with Gasteiger partial charge in [0.15, 0.2) is 0 Å². The van der Waals surface area contributed by atoms with Crippen LogP contribution in [0.1, 0.15) is 13.8 Å². The molecule has 0 spiro atoms. The van der Waals surface area contributed by atoms with Gasteiger partial charge >= 0.3 is 0 Å². The third kappa shape index (κ3) is 5.48. The SMILES string of the molecule is CN(C)C(=O)CN1CCN(CC(C)(C)O)CC1. The van der Waals surface area contributed by atoms with E-state index in [2.05, 4.69) is 9.80 Å². The van der Waals surface area contributed by atoms with E-state index in [9.17, 15) is 9.90 Å². The van der Waals surface area contributed by atoms with Crippen molar-refractivity contribution < 1.29 is 9.90 Å². The average molecular weight is 243 g/mol. The molecule has 17 heavy (non-hydrogen) atoms. The van der Waals surface area contributed by atoms with E-state index in [0.29, 0.717) is 13.1 Å². The number of piperazine rings is 1. The van der Waals surface area contributed by atoms with E-state index < -0.39 is 5.60 Å². The van der Waals surface area contributed by atoms with Crippen LogP contribution in [-0.2, 0) is 4.79 Å². The van der Waals surface area contributed by atoms with Crippen molar-refractivity contribution in [3.8, 4) is 0 Å². The molecule has 1 aliphatic rings. The highest BCUT2D eigenvalue weighted by Crippen LogP contribution is 2.08. The summed E-state index contributed by atoms with van der Waals surface area (Å²) in [5.74, 6) is 0.154. The van der Waals surface area contributed by atoms with E-state index in [1.165, 1.54) is 0 Å². The fourth-order valence-corrected chi connectivity index (χ4v) is 1.99. The van der Waals surface area contributed by atoms with Crippen LogP contribution < -0.4 is 0 Å². The Hall–Kier alpha value is -0.650. The first kappa shape index (κ1) is 14.4. The van der Waals surface area contributed by atoms with Gasteiger partial charge in [0.1, 0.15) is 0 Å². The van der Waals surface area contributed by atoms with E-state index in [-0.39, 0.29) is 5.91 Å². The Morgan fingerprint density at radius 3 is 2.06 bits per heavy atom. The molecule has 1 saturated heterocycles. The van der Waals surface area contributed by atoms with Crippen LogP contribution in [0.25, 0.3) is 0 Å². The Bertz CT molecular complexity index is 253. The summed E-state index contributed by atoms with van der Waals surface area (Å²) >= 11 is 0. The number of rotatable bonds is 4. The lowest BCUT2D eigenvalue weighted by atomic mass is 10.1. The van der Waals surface area contributed by atoms with E-state index in [0.717, 1.165) is 26.2 Å². The predicted octanol–water partition coefficient (Wildman–Crippen LogP) is -0.537. The maximum absolute atomic E-state index is 11.6. The summed E-state index contributed by atoms with van der Waals surface area (Å²) in [7, 11) is 3.57. The molecule has 1 aliphatic heterocycles. The molecule has 0 aromatic rings. The minimum absolute atomic E-state index is 0.154. The summed E-state index contributed by atoms with van der Waals surface area (Å²) in [4.78, 5) is 17.6. The van der Waals surface area contributed by atoms with E-state index in [1.807, 2.05) is 13.8 Å². The molecule has 100 valence electrons. The summed E-state index contributed by atoms with van der Waals surface area (Å²) in [5.41, 5.74) is -0.637. The Morgan fingerprint density at radius 2 is 1.65 bits per heavy atom. The number of carbonyl (C=O) groups is 1. The van der Waals surface area contributed by atoms with Crippen molar-refractivity contribution in [2.45, 2.75) is 19.4 Å².